The Balaban J connectivity index is 1.73. The Hall–Kier alpha value is -3.08. The quantitative estimate of drug-likeness (QED) is 0.645. The van der Waals surface area contributed by atoms with Crippen molar-refractivity contribution < 1.29 is 9.90 Å². The van der Waals surface area contributed by atoms with Gasteiger partial charge in [-0.25, -0.2) is 0 Å². The second-order valence-electron chi connectivity index (χ2n) is 4.53. The summed E-state index contributed by atoms with van der Waals surface area (Å²) >= 11 is 0. The number of fused-ring (bicyclic) bond motifs is 1. The number of aromatic hydroxyl groups is 1. The van der Waals surface area contributed by atoms with Crippen molar-refractivity contribution >= 4 is 28.7 Å². The number of phenols is 1. The molecular weight excluding hydrogens is 266 g/mol. The van der Waals surface area contributed by atoms with Gasteiger partial charge in [-0.2, -0.15) is 5.10 Å². The molecule has 0 radical (unpaired) electrons. The molecule has 0 bridgehead atoms. The van der Waals surface area contributed by atoms with E-state index in [-0.39, 0.29) is 11.7 Å². The van der Waals surface area contributed by atoms with Gasteiger partial charge in [0.05, 0.1) is 5.52 Å². The second-order valence-corrected chi connectivity index (χ2v) is 4.53. The molecule has 5 heteroatoms. The first kappa shape index (κ1) is 12.9. The smallest absolute Gasteiger partial charge is 0.249 e. The standard InChI is InChI=1S/C16H13N3O2/c20-12-8-5-11(6-9-12)7-10-15(21)17-16-13-3-1-2-4-14(13)18-19-16/h1-10,20H,(H2,17,18,19,21). The van der Waals surface area contributed by atoms with E-state index in [0.29, 0.717) is 5.82 Å². The molecule has 0 unspecified atom stereocenters. The van der Waals surface area contributed by atoms with Gasteiger partial charge in [0, 0.05) is 11.5 Å². The number of benzene rings is 2. The fourth-order valence-corrected chi connectivity index (χ4v) is 1.97. The van der Waals surface area contributed by atoms with Crippen LogP contribution in [0.15, 0.2) is 54.6 Å². The summed E-state index contributed by atoms with van der Waals surface area (Å²) in [7, 11) is 0. The zero-order chi connectivity index (χ0) is 14.7. The summed E-state index contributed by atoms with van der Waals surface area (Å²) in [6.07, 6.45) is 3.10. The van der Waals surface area contributed by atoms with E-state index in [0.717, 1.165) is 16.5 Å². The molecule has 1 heterocycles. The number of amides is 1. The van der Waals surface area contributed by atoms with Crippen LogP contribution in [0.25, 0.3) is 17.0 Å². The average Bonchev–Trinajstić information content (AvgIpc) is 2.90. The Bertz CT molecular complexity index is 804. The van der Waals surface area contributed by atoms with E-state index in [2.05, 4.69) is 15.5 Å². The van der Waals surface area contributed by atoms with Gasteiger partial charge in [-0.05, 0) is 35.9 Å². The predicted octanol–water partition coefficient (Wildman–Crippen LogP) is 2.92. The summed E-state index contributed by atoms with van der Waals surface area (Å²) in [5.41, 5.74) is 1.70. The van der Waals surface area contributed by atoms with Crippen molar-refractivity contribution in [3.63, 3.8) is 0 Å². The molecule has 0 fully saturated rings. The number of anilines is 1. The first-order valence-corrected chi connectivity index (χ1v) is 6.43. The molecule has 3 rings (SSSR count). The number of H-pyrrole nitrogens is 1. The molecule has 5 nitrogen and oxygen atoms in total. The molecule has 1 aromatic heterocycles. The minimum Gasteiger partial charge on any atom is -0.508 e. The van der Waals surface area contributed by atoms with Gasteiger partial charge in [-0.1, -0.05) is 24.3 Å². The first-order chi connectivity index (χ1) is 10.2. The minimum absolute atomic E-state index is 0.194. The summed E-state index contributed by atoms with van der Waals surface area (Å²) in [5, 5.41) is 19.7. The molecule has 0 aliphatic heterocycles. The van der Waals surface area contributed by atoms with Crippen LogP contribution in [0.3, 0.4) is 0 Å². The lowest BCUT2D eigenvalue weighted by Gasteiger charge is -1.98. The van der Waals surface area contributed by atoms with Gasteiger partial charge in [0.25, 0.3) is 0 Å². The Kier molecular flexibility index (Phi) is 3.39. The monoisotopic (exact) mass is 279 g/mol. The van der Waals surface area contributed by atoms with E-state index in [1.807, 2.05) is 24.3 Å². The summed E-state index contributed by atoms with van der Waals surface area (Å²) in [5.74, 6) is 0.436. The van der Waals surface area contributed by atoms with Crippen molar-refractivity contribution in [3.8, 4) is 5.75 Å². The molecule has 21 heavy (non-hydrogen) atoms. The van der Waals surface area contributed by atoms with E-state index in [9.17, 15) is 9.90 Å². The number of aromatic nitrogens is 2. The zero-order valence-electron chi connectivity index (χ0n) is 11.1. The number of nitrogens with one attached hydrogen (secondary N) is 2. The third-order valence-electron chi connectivity index (χ3n) is 3.03. The molecule has 0 spiro atoms. The number of hydrogen-bond donors (Lipinski definition) is 3. The number of nitrogens with zero attached hydrogens (tertiary/aromatic N) is 1. The van der Waals surface area contributed by atoms with Crippen LogP contribution in [0, 0.1) is 0 Å². The molecule has 1 amide bonds. The minimum atomic E-state index is -0.264. The van der Waals surface area contributed by atoms with Gasteiger partial charge in [-0.15, -0.1) is 0 Å². The highest BCUT2D eigenvalue weighted by Crippen LogP contribution is 2.19. The highest BCUT2D eigenvalue weighted by Gasteiger charge is 2.06. The summed E-state index contributed by atoms with van der Waals surface area (Å²) in [4.78, 5) is 11.9. The number of rotatable bonds is 3. The van der Waals surface area contributed by atoms with Crippen LogP contribution < -0.4 is 5.32 Å². The van der Waals surface area contributed by atoms with E-state index >= 15 is 0 Å². The normalized spacial score (nSPS) is 11.0. The maximum atomic E-state index is 11.9. The van der Waals surface area contributed by atoms with Crippen LogP contribution in [0.5, 0.6) is 5.75 Å². The molecule has 0 aliphatic rings. The van der Waals surface area contributed by atoms with Crippen LogP contribution in [0.2, 0.25) is 0 Å². The molecular formula is C16H13N3O2. The number of carbonyl (C=O) groups excluding carboxylic acids is 1. The Morgan fingerprint density at radius 2 is 1.90 bits per heavy atom. The fraction of sp³-hybridized carbons (Fsp3) is 0. The maximum absolute atomic E-state index is 11.9. The van der Waals surface area contributed by atoms with Gasteiger partial charge in [0.2, 0.25) is 5.91 Å². The SMILES string of the molecule is O=C(C=Cc1ccc(O)cc1)Nc1n[nH]c2ccccc12. The summed E-state index contributed by atoms with van der Waals surface area (Å²) in [6, 6.07) is 14.2. The van der Waals surface area contributed by atoms with E-state index in [1.54, 1.807) is 30.3 Å². The molecule has 104 valence electrons. The van der Waals surface area contributed by atoms with Gasteiger partial charge in [-0.3, -0.25) is 9.89 Å². The third kappa shape index (κ3) is 2.92. The van der Waals surface area contributed by atoms with E-state index in [1.165, 1.54) is 6.08 Å². The number of para-hydroxylation sites is 1. The lowest BCUT2D eigenvalue weighted by Crippen LogP contribution is -2.08. The Labute approximate surface area is 120 Å². The second kappa shape index (κ2) is 5.50. The number of hydrogen-bond acceptors (Lipinski definition) is 3. The van der Waals surface area contributed by atoms with E-state index in [4.69, 9.17) is 0 Å². The van der Waals surface area contributed by atoms with Crippen molar-refractivity contribution in [2.45, 2.75) is 0 Å². The molecule has 0 saturated carbocycles. The van der Waals surface area contributed by atoms with Crippen molar-refractivity contribution in [2.75, 3.05) is 5.32 Å². The Morgan fingerprint density at radius 3 is 2.71 bits per heavy atom. The molecule has 3 aromatic rings. The average molecular weight is 279 g/mol. The number of carbonyl (C=O) groups is 1. The maximum Gasteiger partial charge on any atom is 0.249 e. The molecule has 2 aromatic carbocycles. The third-order valence-corrected chi connectivity index (χ3v) is 3.03. The lowest BCUT2D eigenvalue weighted by atomic mass is 10.2. The number of phenolic OH excluding ortho intramolecular Hbond substituents is 1. The predicted molar refractivity (Wildman–Crippen MR) is 81.9 cm³/mol. The van der Waals surface area contributed by atoms with Crippen molar-refractivity contribution in [1.29, 1.82) is 0 Å². The highest BCUT2D eigenvalue weighted by molar-refractivity contribution is 6.06. The molecule has 0 saturated heterocycles. The van der Waals surface area contributed by atoms with Crippen LogP contribution >= 0.6 is 0 Å². The molecule has 0 atom stereocenters. The highest BCUT2D eigenvalue weighted by atomic mass is 16.3. The van der Waals surface area contributed by atoms with Crippen LogP contribution in [-0.4, -0.2) is 21.2 Å². The summed E-state index contributed by atoms with van der Waals surface area (Å²) < 4.78 is 0. The largest absolute Gasteiger partial charge is 0.508 e. The lowest BCUT2D eigenvalue weighted by molar-refractivity contribution is -0.111. The van der Waals surface area contributed by atoms with Crippen molar-refractivity contribution in [2.24, 2.45) is 0 Å². The van der Waals surface area contributed by atoms with Gasteiger partial charge in [0.15, 0.2) is 5.82 Å². The topological polar surface area (TPSA) is 78.0 Å². The van der Waals surface area contributed by atoms with E-state index < -0.39 is 0 Å². The van der Waals surface area contributed by atoms with Gasteiger partial charge in [0.1, 0.15) is 5.75 Å². The fourth-order valence-electron chi connectivity index (χ4n) is 1.97. The van der Waals surface area contributed by atoms with Crippen molar-refractivity contribution in [3.05, 3.63) is 60.2 Å². The zero-order valence-corrected chi connectivity index (χ0v) is 11.1. The van der Waals surface area contributed by atoms with Crippen LogP contribution in [-0.2, 0) is 4.79 Å². The van der Waals surface area contributed by atoms with Crippen LogP contribution in [0.1, 0.15) is 5.56 Å². The Morgan fingerprint density at radius 1 is 1.14 bits per heavy atom. The first-order valence-electron chi connectivity index (χ1n) is 6.43. The van der Waals surface area contributed by atoms with Crippen molar-refractivity contribution in [1.82, 2.24) is 10.2 Å². The molecule has 0 aliphatic carbocycles. The summed E-state index contributed by atoms with van der Waals surface area (Å²) in [6.45, 7) is 0. The van der Waals surface area contributed by atoms with Gasteiger partial charge >= 0.3 is 0 Å². The van der Waals surface area contributed by atoms with Crippen LogP contribution in [0.4, 0.5) is 5.82 Å². The molecule has 3 N–H and O–H groups in total. The number of aromatic amines is 1. The van der Waals surface area contributed by atoms with Gasteiger partial charge < -0.3 is 10.4 Å².